The number of ether oxygens (including phenoxy) is 2. The SMILES string of the molecule is CCCCCCCOc1c(CC(C)N)cccc1OC. The van der Waals surface area contributed by atoms with Crippen molar-refractivity contribution in [1.29, 1.82) is 0 Å². The van der Waals surface area contributed by atoms with E-state index in [0.717, 1.165) is 36.5 Å². The Kier molecular flexibility index (Phi) is 8.12. The number of methoxy groups -OCH3 is 1. The van der Waals surface area contributed by atoms with Crippen LogP contribution < -0.4 is 15.2 Å². The molecule has 2 N–H and O–H groups in total. The summed E-state index contributed by atoms with van der Waals surface area (Å²) in [4.78, 5) is 0. The summed E-state index contributed by atoms with van der Waals surface area (Å²) in [7, 11) is 1.68. The molecule has 0 spiro atoms. The minimum absolute atomic E-state index is 0.119. The zero-order valence-electron chi connectivity index (χ0n) is 13.2. The lowest BCUT2D eigenvalue weighted by molar-refractivity contribution is 0.281. The Morgan fingerprint density at radius 2 is 1.90 bits per heavy atom. The molecule has 1 atom stereocenters. The number of unbranched alkanes of at least 4 members (excludes halogenated alkanes) is 4. The molecule has 0 aliphatic heterocycles. The minimum Gasteiger partial charge on any atom is -0.493 e. The first-order valence-corrected chi connectivity index (χ1v) is 7.73. The highest BCUT2D eigenvalue weighted by atomic mass is 16.5. The first kappa shape index (κ1) is 16.8. The van der Waals surface area contributed by atoms with Crippen molar-refractivity contribution in [2.75, 3.05) is 13.7 Å². The molecule has 0 radical (unpaired) electrons. The van der Waals surface area contributed by atoms with Gasteiger partial charge in [0.2, 0.25) is 0 Å². The monoisotopic (exact) mass is 279 g/mol. The van der Waals surface area contributed by atoms with E-state index in [2.05, 4.69) is 13.0 Å². The molecule has 0 saturated heterocycles. The van der Waals surface area contributed by atoms with Gasteiger partial charge < -0.3 is 15.2 Å². The Morgan fingerprint density at radius 3 is 2.55 bits per heavy atom. The van der Waals surface area contributed by atoms with E-state index in [0.29, 0.717) is 0 Å². The number of rotatable bonds is 10. The standard InChI is InChI=1S/C17H29NO2/c1-4-5-6-7-8-12-20-17-15(13-14(2)18)10-9-11-16(17)19-3/h9-11,14H,4-8,12-13,18H2,1-3H3. The van der Waals surface area contributed by atoms with Crippen LogP contribution in [0.5, 0.6) is 11.5 Å². The van der Waals surface area contributed by atoms with Crippen molar-refractivity contribution in [3.8, 4) is 11.5 Å². The van der Waals surface area contributed by atoms with Crippen molar-refractivity contribution in [2.45, 2.75) is 58.4 Å². The third-order valence-corrected chi connectivity index (χ3v) is 3.32. The molecule has 3 nitrogen and oxygen atoms in total. The third-order valence-electron chi connectivity index (χ3n) is 3.32. The Hall–Kier alpha value is -1.22. The van der Waals surface area contributed by atoms with Crippen LogP contribution in [-0.4, -0.2) is 19.8 Å². The Bertz CT molecular complexity index is 377. The third kappa shape index (κ3) is 5.83. The van der Waals surface area contributed by atoms with Crippen molar-refractivity contribution in [1.82, 2.24) is 0 Å². The topological polar surface area (TPSA) is 44.5 Å². The quantitative estimate of drug-likeness (QED) is 0.660. The molecule has 3 heteroatoms. The number of nitrogens with two attached hydrogens (primary N) is 1. The molecule has 1 aromatic carbocycles. The summed E-state index contributed by atoms with van der Waals surface area (Å²) in [5.74, 6) is 1.67. The lowest BCUT2D eigenvalue weighted by atomic mass is 10.1. The van der Waals surface area contributed by atoms with Gasteiger partial charge in [-0.2, -0.15) is 0 Å². The van der Waals surface area contributed by atoms with Gasteiger partial charge in [0, 0.05) is 6.04 Å². The highest BCUT2D eigenvalue weighted by molar-refractivity contribution is 5.47. The largest absolute Gasteiger partial charge is 0.493 e. The fraction of sp³-hybridized carbons (Fsp3) is 0.647. The van der Waals surface area contributed by atoms with E-state index in [1.54, 1.807) is 7.11 Å². The summed E-state index contributed by atoms with van der Waals surface area (Å²) in [6.07, 6.45) is 7.00. The van der Waals surface area contributed by atoms with Crippen LogP contribution in [0.15, 0.2) is 18.2 Å². The molecule has 20 heavy (non-hydrogen) atoms. The van der Waals surface area contributed by atoms with E-state index in [9.17, 15) is 0 Å². The Morgan fingerprint density at radius 1 is 1.15 bits per heavy atom. The number of benzene rings is 1. The maximum Gasteiger partial charge on any atom is 0.164 e. The average molecular weight is 279 g/mol. The fourth-order valence-electron chi connectivity index (χ4n) is 2.27. The Labute approximate surface area is 123 Å². The zero-order valence-corrected chi connectivity index (χ0v) is 13.2. The predicted molar refractivity (Wildman–Crippen MR) is 84.6 cm³/mol. The van der Waals surface area contributed by atoms with Crippen molar-refractivity contribution in [3.63, 3.8) is 0 Å². The first-order valence-electron chi connectivity index (χ1n) is 7.73. The van der Waals surface area contributed by atoms with E-state index >= 15 is 0 Å². The maximum absolute atomic E-state index is 5.96. The molecule has 0 bridgehead atoms. The van der Waals surface area contributed by atoms with E-state index in [4.69, 9.17) is 15.2 Å². The van der Waals surface area contributed by atoms with Crippen LogP contribution in [-0.2, 0) is 6.42 Å². The van der Waals surface area contributed by atoms with Gasteiger partial charge >= 0.3 is 0 Å². The minimum atomic E-state index is 0.119. The summed E-state index contributed by atoms with van der Waals surface area (Å²) in [6, 6.07) is 6.12. The molecule has 1 aromatic rings. The predicted octanol–water partition coefficient (Wildman–Crippen LogP) is 3.93. The summed E-state index contributed by atoms with van der Waals surface area (Å²) >= 11 is 0. The molecule has 1 unspecified atom stereocenters. The van der Waals surface area contributed by atoms with Crippen molar-refractivity contribution in [2.24, 2.45) is 5.73 Å². The summed E-state index contributed by atoms with van der Waals surface area (Å²) in [5, 5.41) is 0. The van der Waals surface area contributed by atoms with Gasteiger partial charge in [-0.1, -0.05) is 44.7 Å². The van der Waals surface area contributed by atoms with E-state index in [1.807, 2.05) is 19.1 Å². The lowest BCUT2D eigenvalue weighted by Crippen LogP contribution is -2.18. The van der Waals surface area contributed by atoms with Gasteiger partial charge in [-0.25, -0.2) is 0 Å². The van der Waals surface area contributed by atoms with Gasteiger partial charge in [-0.15, -0.1) is 0 Å². The van der Waals surface area contributed by atoms with E-state index < -0.39 is 0 Å². The smallest absolute Gasteiger partial charge is 0.164 e. The van der Waals surface area contributed by atoms with Crippen LogP contribution >= 0.6 is 0 Å². The molecular weight excluding hydrogens is 250 g/mol. The van der Waals surface area contributed by atoms with Crippen LogP contribution in [0.4, 0.5) is 0 Å². The number of hydrogen-bond donors (Lipinski definition) is 1. The highest BCUT2D eigenvalue weighted by Gasteiger charge is 2.11. The second-order valence-corrected chi connectivity index (χ2v) is 5.39. The van der Waals surface area contributed by atoms with Crippen molar-refractivity contribution < 1.29 is 9.47 Å². The summed E-state index contributed by atoms with van der Waals surface area (Å²) < 4.78 is 11.4. The normalized spacial score (nSPS) is 12.2. The highest BCUT2D eigenvalue weighted by Crippen LogP contribution is 2.32. The van der Waals surface area contributed by atoms with Gasteiger partial charge in [0.15, 0.2) is 11.5 Å². The van der Waals surface area contributed by atoms with E-state index in [-0.39, 0.29) is 6.04 Å². The molecule has 0 aromatic heterocycles. The van der Waals surface area contributed by atoms with Crippen LogP contribution in [0.2, 0.25) is 0 Å². The van der Waals surface area contributed by atoms with Gasteiger partial charge in [0.1, 0.15) is 0 Å². The number of para-hydroxylation sites is 1. The first-order chi connectivity index (χ1) is 9.69. The molecular formula is C17H29NO2. The summed E-state index contributed by atoms with van der Waals surface area (Å²) in [6.45, 7) is 4.98. The van der Waals surface area contributed by atoms with Crippen LogP contribution in [0, 0.1) is 0 Å². The van der Waals surface area contributed by atoms with Gasteiger partial charge in [0.05, 0.1) is 13.7 Å². The van der Waals surface area contributed by atoms with Crippen LogP contribution in [0.3, 0.4) is 0 Å². The van der Waals surface area contributed by atoms with Crippen molar-refractivity contribution in [3.05, 3.63) is 23.8 Å². The maximum atomic E-state index is 5.96. The zero-order chi connectivity index (χ0) is 14.8. The van der Waals surface area contributed by atoms with Crippen LogP contribution in [0.25, 0.3) is 0 Å². The second-order valence-electron chi connectivity index (χ2n) is 5.39. The van der Waals surface area contributed by atoms with Crippen LogP contribution in [0.1, 0.15) is 51.5 Å². The fourth-order valence-corrected chi connectivity index (χ4v) is 2.27. The summed E-state index contributed by atoms with van der Waals surface area (Å²) in [5.41, 5.74) is 7.03. The molecule has 0 aliphatic carbocycles. The molecule has 1 rings (SSSR count). The molecule has 0 saturated carbocycles. The van der Waals surface area contributed by atoms with Gasteiger partial charge in [-0.3, -0.25) is 0 Å². The second kappa shape index (κ2) is 9.65. The Balaban J connectivity index is 2.56. The van der Waals surface area contributed by atoms with E-state index in [1.165, 1.54) is 25.7 Å². The number of hydrogen-bond acceptors (Lipinski definition) is 3. The van der Waals surface area contributed by atoms with Crippen molar-refractivity contribution >= 4 is 0 Å². The molecule has 0 fully saturated rings. The molecule has 0 amide bonds. The molecule has 0 heterocycles. The molecule has 114 valence electrons. The van der Waals surface area contributed by atoms with Gasteiger partial charge in [0.25, 0.3) is 0 Å². The van der Waals surface area contributed by atoms with Gasteiger partial charge in [-0.05, 0) is 31.4 Å². The average Bonchev–Trinajstić information content (AvgIpc) is 2.43. The molecule has 0 aliphatic rings. The lowest BCUT2D eigenvalue weighted by Gasteiger charge is -2.16.